The van der Waals surface area contributed by atoms with Gasteiger partial charge in [0.1, 0.15) is 11.3 Å². The Labute approximate surface area is 299 Å². The third kappa shape index (κ3) is 4.64. The normalized spacial score (nSPS) is 16.8. The first-order valence-corrected chi connectivity index (χ1v) is 14.6. The van der Waals surface area contributed by atoms with Crippen LogP contribution in [0.1, 0.15) is 24.7 Å². The molecule has 47 heavy (non-hydrogen) atoms. The second-order valence-corrected chi connectivity index (χ2v) is 10.7. The SMILES string of the molecule is [2H]c1c([2H])c([2H])c(-c2ccc3c(-c4c5c([2H])c([2H])c([2H])c([2H])c5c(-c5c([2H])c([2H])c([2H])c([2H])c5[2H])c5c([2H])c([2H])c([2H])c([2H])c45)c(-c4ccc(-c5ccccc5)cc4)oc3c2)c([2H])c1[2H]. The highest BCUT2D eigenvalue weighted by Crippen LogP contribution is 2.50. The molecule has 0 aliphatic heterocycles. The van der Waals surface area contributed by atoms with Crippen molar-refractivity contribution in [2.24, 2.45) is 0 Å². The van der Waals surface area contributed by atoms with Gasteiger partial charge in [0.05, 0.1) is 24.7 Å². The van der Waals surface area contributed by atoms with Crippen LogP contribution in [0.5, 0.6) is 0 Å². The molecule has 0 saturated carbocycles. The molecular weight excluding hydrogens is 569 g/mol. The Balaban J connectivity index is 1.53. The number of rotatable bonds is 5. The van der Waals surface area contributed by atoms with Crippen LogP contribution in [0.4, 0.5) is 0 Å². The summed E-state index contributed by atoms with van der Waals surface area (Å²) in [5.74, 6) is 0.0517. The van der Waals surface area contributed by atoms with E-state index in [4.69, 9.17) is 23.6 Å². The van der Waals surface area contributed by atoms with Crippen LogP contribution in [0.2, 0.25) is 0 Å². The second-order valence-electron chi connectivity index (χ2n) is 10.7. The van der Waals surface area contributed by atoms with E-state index >= 15 is 0 Å². The highest BCUT2D eigenvalue weighted by molar-refractivity contribution is 6.25. The fourth-order valence-corrected chi connectivity index (χ4v) is 6.04. The van der Waals surface area contributed by atoms with Crippen molar-refractivity contribution >= 4 is 32.5 Å². The van der Waals surface area contributed by atoms with E-state index in [1.807, 2.05) is 42.5 Å². The van der Waals surface area contributed by atoms with Gasteiger partial charge in [-0.1, -0.05) is 169 Å². The summed E-state index contributed by atoms with van der Waals surface area (Å²) in [5.41, 5.74) is 1.14. The molecule has 9 aromatic rings. The maximum absolute atomic E-state index is 9.50. The van der Waals surface area contributed by atoms with Gasteiger partial charge >= 0.3 is 0 Å². The molecule has 1 heterocycles. The van der Waals surface area contributed by atoms with Gasteiger partial charge in [0, 0.05) is 22.1 Å². The third-order valence-corrected chi connectivity index (χ3v) is 8.11. The van der Waals surface area contributed by atoms with Crippen molar-refractivity contribution in [3.63, 3.8) is 0 Å². The molecule has 0 amide bonds. The number of hydrogen-bond acceptors (Lipinski definition) is 1. The molecule has 0 N–H and O–H groups in total. The number of fused-ring (bicyclic) bond motifs is 3. The minimum Gasteiger partial charge on any atom is -0.455 e. The van der Waals surface area contributed by atoms with Crippen LogP contribution in [0.3, 0.4) is 0 Å². The molecule has 0 bridgehead atoms. The van der Waals surface area contributed by atoms with Gasteiger partial charge in [-0.3, -0.25) is 0 Å². The first-order chi connectivity index (χ1) is 30.8. The molecule has 1 aromatic heterocycles. The zero-order chi connectivity index (χ0) is 46.8. The van der Waals surface area contributed by atoms with E-state index in [1.165, 1.54) is 18.2 Å². The zero-order valence-corrected chi connectivity index (χ0v) is 24.3. The first-order valence-electron chi connectivity index (χ1n) is 23.6. The van der Waals surface area contributed by atoms with Gasteiger partial charge in [-0.2, -0.15) is 0 Å². The predicted octanol–water partition coefficient (Wildman–Crippen LogP) is 13.1. The molecule has 0 unspecified atom stereocenters. The predicted molar refractivity (Wildman–Crippen MR) is 198 cm³/mol. The lowest BCUT2D eigenvalue weighted by Crippen LogP contribution is -1.91. The van der Waals surface area contributed by atoms with E-state index in [0.29, 0.717) is 5.56 Å². The summed E-state index contributed by atoms with van der Waals surface area (Å²) in [6.45, 7) is 0. The van der Waals surface area contributed by atoms with Crippen LogP contribution < -0.4 is 0 Å². The molecule has 9 rings (SSSR count). The van der Waals surface area contributed by atoms with Gasteiger partial charge < -0.3 is 4.42 Å². The molecule has 0 fully saturated rings. The number of furan rings is 1. The van der Waals surface area contributed by atoms with Crippen molar-refractivity contribution < 1.29 is 29.1 Å². The zero-order valence-electron chi connectivity index (χ0n) is 42.3. The number of hydrogen-bond donors (Lipinski definition) is 0. The lowest BCUT2D eigenvalue weighted by molar-refractivity contribution is 0.632. The molecule has 1 nitrogen and oxygen atoms in total. The Kier molecular flexibility index (Phi) is 3.49. The summed E-state index contributed by atoms with van der Waals surface area (Å²) in [6.07, 6.45) is 0. The quantitative estimate of drug-likeness (QED) is 0.175. The molecule has 0 aliphatic rings. The average molecular weight is 617 g/mol. The molecule has 220 valence electrons. The maximum Gasteiger partial charge on any atom is 0.143 e. The summed E-state index contributed by atoms with van der Waals surface area (Å²) < 4.78 is 166. The van der Waals surface area contributed by atoms with Gasteiger partial charge in [0.25, 0.3) is 0 Å². The van der Waals surface area contributed by atoms with Gasteiger partial charge in [-0.15, -0.1) is 0 Å². The van der Waals surface area contributed by atoms with Crippen LogP contribution in [0.15, 0.2) is 186 Å². The summed E-state index contributed by atoms with van der Waals surface area (Å²) >= 11 is 0. The minimum absolute atomic E-state index is 0.0517. The van der Waals surface area contributed by atoms with Crippen LogP contribution in [0, 0.1) is 0 Å². The Morgan fingerprint density at radius 1 is 0.340 bits per heavy atom. The summed E-state index contributed by atoms with van der Waals surface area (Å²) in [6, 6.07) is 8.64. The lowest BCUT2D eigenvalue weighted by Gasteiger charge is -2.18. The van der Waals surface area contributed by atoms with Crippen molar-refractivity contribution in [1.29, 1.82) is 0 Å². The second kappa shape index (κ2) is 11.3. The molecule has 0 aliphatic carbocycles. The molecule has 0 saturated heterocycles. The minimum atomic E-state index is -0.787. The maximum atomic E-state index is 9.50. The van der Waals surface area contributed by atoms with Crippen molar-refractivity contribution in [1.82, 2.24) is 0 Å². The Bertz CT molecular complexity index is 3420. The van der Waals surface area contributed by atoms with Crippen LogP contribution in [-0.4, -0.2) is 0 Å². The van der Waals surface area contributed by atoms with Crippen molar-refractivity contribution in [2.75, 3.05) is 0 Å². The average Bonchev–Trinajstić information content (AvgIpc) is 3.69. The summed E-state index contributed by atoms with van der Waals surface area (Å²) in [5, 5.41) is -1.18. The van der Waals surface area contributed by atoms with Crippen molar-refractivity contribution in [3.05, 3.63) is 182 Å². The fourth-order valence-electron chi connectivity index (χ4n) is 6.04. The van der Waals surface area contributed by atoms with E-state index in [9.17, 15) is 5.48 Å². The smallest absolute Gasteiger partial charge is 0.143 e. The summed E-state index contributed by atoms with van der Waals surface area (Å²) in [4.78, 5) is 0. The molecule has 0 atom stereocenters. The molecule has 0 radical (unpaired) electrons. The van der Waals surface area contributed by atoms with Gasteiger partial charge in [0.15, 0.2) is 0 Å². The largest absolute Gasteiger partial charge is 0.455 e. The Morgan fingerprint density at radius 2 is 0.830 bits per heavy atom. The molecule has 8 aromatic carbocycles. The van der Waals surface area contributed by atoms with E-state index in [1.54, 1.807) is 12.1 Å². The monoisotopic (exact) mass is 616 g/mol. The van der Waals surface area contributed by atoms with Gasteiger partial charge in [-0.05, 0) is 67.1 Å². The molecule has 0 spiro atoms. The highest BCUT2D eigenvalue weighted by atomic mass is 16.3. The lowest BCUT2D eigenvalue weighted by atomic mass is 9.84. The van der Waals surface area contributed by atoms with Crippen LogP contribution in [0.25, 0.3) is 88.3 Å². The standard InChI is InChI=1S/C46H30O/c1-4-14-31(15-5-1)33-24-26-35(27-25-33)46-45(41-29-28-36(30-42(41)47-46)32-16-6-2-7-17-32)44-39-22-12-10-20-37(39)43(34-18-8-3-9-19-34)38-21-11-13-23-40(38)44/h1-30H/i2D,3D,6D,7D,8D,9D,10D,11D,12D,13D,16D,17D,18D,19D,20D,21D,22D,23D. The third-order valence-electron chi connectivity index (χ3n) is 8.11. The fraction of sp³-hybridized carbons (Fsp3) is 0. The summed E-state index contributed by atoms with van der Waals surface area (Å²) in [7, 11) is 0. The van der Waals surface area contributed by atoms with Gasteiger partial charge in [0.2, 0.25) is 0 Å². The van der Waals surface area contributed by atoms with E-state index in [0.717, 1.165) is 11.1 Å². The van der Waals surface area contributed by atoms with E-state index in [2.05, 4.69) is 0 Å². The topological polar surface area (TPSA) is 13.1 Å². The highest BCUT2D eigenvalue weighted by Gasteiger charge is 2.24. The van der Waals surface area contributed by atoms with Gasteiger partial charge in [-0.25, -0.2) is 0 Å². The Morgan fingerprint density at radius 3 is 1.45 bits per heavy atom. The number of benzene rings is 8. The first kappa shape index (κ1) is 14.5. The van der Waals surface area contributed by atoms with E-state index in [-0.39, 0.29) is 49.8 Å². The van der Waals surface area contributed by atoms with Crippen molar-refractivity contribution in [2.45, 2.75) is 0 Å². The van der Waals surface area contributed by atoms with E-state index < -0.39 is 131 Å². The van der Waals surface area contributed by atoms with Crippen LogP contribution in [-0.2, 0) is 0 Å². The van der Waals surface area contributed by atoms with Crippen molar-refractivity contribution in [3.8, 4) is 55.8 Å². The Hall–Kier alpha value is -6.18. The molecule has 1 heteroatoms. The van der Waals surface area contributed by atoms with Crippen LogP contribution >= 0.6 is 0 Å². The molecular formula is C46H30O.